The van der Waals surface area contributed by atoms with Crippen LogP contribution in [0.4, 0.5) is 0 Å². The summed E-state index contributed by atoms with van der Waals surface area (Å²) in [7, 11) is -2.46. The van der Waals surface area contributed by atoms with E-state index in [2.05, 4.69) is 93.3 Å². The highest BCUT2D eigenvalue weighted by Crippen LogP contribution is 2.38. The van der Waals surface area contributed by atoms with E-state index in [4.69, 9.17) is 4.43 Å². The number of rotatable bonds is 5. The Morgan fingerprint density at radius 2 is 1.48 bits per heavy atom. The number of nitrogens with one attached hydrogen (secondary N) is 1. The molecule has 1 aliphatic rings. The van der Waals surface area contributed by atoms with Crippen LogP contribution in [0, 0.1) is 5.92 Å². The molecule has 2 aromatic rings. The molecule has 2 atom stereocenters. The monoisotopic (exact) mass is 351 g/mol. The average molecular weight is 352 g/mol. The quantitative estimate of drug-likeness (QED) is 0.659. The summed E-state index contributed by atoms with van der Waals surface area (Å²) in [4.78, 5) is 0. The van der Waals surface area contributed by atoms with Gasteiger partial charge in [0, 0.05) is 19.0 Å². The molecule has 0 spiro atoms. The molecule has 1 heterocycles. The second kappa shape index (κ2) is 7.28. The SMILES string of the molecule is C=C[C@H]1CNC[C@@H]1O[Si](c1ccccc1)(c1ccccc1)C(C)(C)C. The van der Waals surface area contributed by atoms with Gasteiger partial charge in [-0.2, -0.15) is 0 Å². The Balaban J connectivity index is 2.17. The molecule has 3 heteroatoms. The van der Waals surface area contributed by atoms with E-state index in [1.165, 1.54) is 10.4 Å². The summed E-state index contributed by atoms with van der Waals surface area (Å²) < 4.78 is 7.14. The smallest absolute Gasteiger partial charge is 0.261 e. The molecule has 1 fully saturated rings. The van der Waals surface area contributed by atoms with Gasteiger partial charge in [-0.3, -0.25) is 0 Å². The minimum Gasteiger partial charge on any atom is -0.403 e. The molecule has 0 aliphatic carbocycles. The molecule has 0 amide bonds. The van der Waals surface area contributed by atoms with Crippen LogP contribution >= 0.6 is 0 Å². The fraction of sp³-hybridized carbons (Fsp3) is 0.364. The third-order valence-electron chi connectivity index (χ3n) is 5.25. The van der Waals surface area contributed by atoms with Crippen LogP contribution in [-0.2, 0) is 4.43 Å². The van der Waals surface area contributed by atoms with Gasteiger partial charge in [-0.05, 0) is 15.4 Å². The first-order valence-electron chi connectivity index (χ1n) is 9.11. The van der Waals surface area contributed by atoms with Crippen LogP contribution in [0.2, 0.25) is 5.04 Å². The van der Waals surface area contributed by atoms with Gasteiger partial charge in [0.15, 0.2) is 0 Å². The van der Waals surface area contributed by atoms with Crippen LogP contribution in [-0.4, -0.2) is 27.5 Å². The third kappa shape index (κ3) is 3.37. The molecule has 25 heavy (non-hydrogen) atoms. The van der Waals surface area contributed by atoms with Crippen molar-refractivity contribution >= 4 is 18.7 Å². The van der Waals surface area contributed by atoms with Gasteiger partial charge in [-0.15, -0.1) is 6.58 Å². The van der Waals surface area contributed by atoms with Gasteiger partial charge in [-0.1, -0.05) is 87.5 Å². The fourth-order valence-electron chi connectivity index (χ4n) is 3.96. The maximum atomic E-state index is 7.14. The van der Waals surface area contributed by atoms with Crippen molar-refractivity contribution in [3.05, 3.63) is 73.3 Å². The summed E-state index contributed by atoms with van der Waals surface area (Å²) in [6.07, 6.45) is 2.21. The number of hydrogen-bond acceptors (Lipinski definition) is 2. The molecule has 0 saturated carbocycles. The van der Waals surface area contributed by atoms with Crippen molar-refractivity contribution < 1.29 is 4.43 Å². The lowest BCUT2D eigenvalue weighted by atomic mass is 10.1. The molecule has 0 bridgehead atoms. The van der Waals surface area contributed by atoms with Gasteiger partial charge in [0.25, 0.3) is 8.32 Å². The zero-order chi connectivity index (χ0) is 17.9. The Hall–Kier alpha value is -1.68. The predicted molar refractivity (Wildman–Crippen MR) is 109 cm³/mol. The first-order valence-corrected chi connectivity index (χ1v) is 11.0. The summed E-state index contributed by atoms with van der Waals surface area (Å²) >= 11 is 0. The molecule has 1 aliphatic heterocycles. The molecule has 0 radical (unpaired) electrons. The van der Waals surface area contributed by atoms with Gasteiger partial charge < -0.3 is 9.74 Å². The lowest BCUT2D eigenvalue weighted by Gasteiger charge is -2.45. The highest BCUT2D eigenvalue weighted by molar-refractivity contribution is 6.99. The van der Waals surface area contributed by atoms with E-state index in [-0.39, 0.29) is 11.1 Å². The standard InChI is InChI=1S/C22H29NOSi/c1-5-18-16-23-17-21(18)24-25(22(2,3)4,19-12-8-6-9-13-19)20-14-10-7-11-15-20/h5-15,18,21,23H,1,16-17H2,2-4H3/t18-,21-/m0/s1. The van der Waals surface area contributed by atoms with Gasteiger partial charge in [0.1, 0.15) is 0 Å². The summed E-state index contributed by atoms with van der Waals surface area (Å²) in [6.45, 7) is 12.8. The van der Waals surface area contributed by atoms with Gasteiger partial charge in [-0.25, -0.2) is 0 Å². The van der Waals surface area contributed by atoms with E-state index < -0.39 is 8.32 Å². The Kier molecular flexibility index (Phi) is 5.28. The van der Waals surface area contributed by atoms with E-state index in [9.17, 15) is 0 Å². The molecule has 3 rings (SSSR count). The largest absolute Gasteiger partial charge is 0.403 e. The minimum atomic E-state index is -2.46. The van der Waals surface area contributed by atoms with Crippen LogP contribution in [0.3, 0.4) is 0 Å². The van der Waals surface area contributed by atoms with Crippen molar-refractivity contribution in [1.29, 1.82) is 0 Å². The van der Waals surface area contributed by atoms with Crippen molar-refractivity contribution in [3.63, 3.8) is 0 Å². The van der Waals surface area contributed by atoms with Crippen LogP contribution < -0.4 is 15.7 Å². The first kappa shape index (κ1) is 18.1. The van der Waals surface area contributed by atoms with Crippen molar-refractivity contribution in [2.75, 3.05) is 13.1 Å². The van der Waals surface area contributed by atoms with Crippen molar-refractivity contribution in [2.45, 2.75) is 31.9 Å². The molecule has 132 valence electrons. The van der Waals surface area contributed by atoms with E-state index in [1.807, 2.05) is 6.08 Å². The molecule has 1 saturated heterocycles. The molecule has 0 aromatic heterocycles. The van der Waals surface area contributed by atoms with Gasteiger partial charge >= 0.3 is 0 Å². The highest BCUT2D eigenvalue weighted by Gasteiger charge is 2.52. The molecule has 1 N–H and O–H groups in total. The zero-order valence-electron chi connectivity index (χ0n) is 15.5. The van der Waals surface area contributed by atoms with Gasteiger partial charge in [0.05, 0.1) is 6.10 Å². The van der Waals surface area contributed by atoms with E-state index in [0.29, 0.717) is 5.92 Å². The van der Waals surface area contributed by atoms with Crippen molar-refractivity contribution in [2.24, 2.45) is 5.92 Å². The Bertz CT molecular complexity index is 653. The molecular formula is C22H29NOSi. The molecule has 0 unspecified atom stereocenters. The van der Waals surface area contributed by atoms with E-state index in [0.717, 1.165) is 13.1 Å². The van der Waals surface area contributed by atoms with Crippen LogP contribution in [0.1, 0.15) is 20.8 Å². The molecule has 2 aromatic carbocycles. The second-order valence-electron chi connectivity index (χ2n) is 7.88. The van der Waals surface area contributed by atoms with Gasteiger partial charge in [0.2, 0.25) is 0 Å². The Labute approximate surface area is 153 Å². The van der Waals surface area contributed by atoms with Crippen LogP contribution in [0.25, 0.3) is 0 Å². The second-order valence-corrected chi connectivity index (χ2v) is 12.1. The summed E-state index contributed by atoms with van der Waals surface area (Å²) in [5, 5.41) is 6.17. The zero-order valence-corrected chi connectivity index (χ0v) is 16.5. The van der Waals surface area contributed by atoms with E-state index >= 15 is 0 Å². The maximum absolute atomic E-state index is 7.14. The third-order valence-corrected chi connectivity index (χ3v) is 10.3. The molecular weight excluding hydrogens is 322 g/mol. The van der Waals surface area contributed by atoms with Crippen LogP contribution in [0.15, 0.2) is 73.3 Å². The first-order chi connectivity index (χ1) is 12.0. The van der Waals surface area contributed by atoms with E-state index in [1.54, 1.807) is 0 Å². The van der Waals surface area contributed by atoms with Crippen molar-refractivity contribution in [3.8, 4) is 0 Å². The Morgan fingerprint density at radius 1 is 0.960 bits per heavy atom. The lowest BCUT2D eigenvalue weighted by Crippen LogP contribution is -2.68. The predicted octanol–water partition coefficient (Wildman–Crippen LogP) is 3.34. The van der Waals surface area contributed by atoms with Crippen molar-refractivity contribution in [1.82, 2.24) is 5.32 Å². The summed E-state index contributed by atoms with van der Waals surface area (Å²) in [5.41, 5.74) is 0. The number of hydrogen-bond donors (Lipinski definition) is 1. The highest BCUT2D eigenvalue weighted by atomic mass is 28.4. The summed E-state index contributed by atoms with van der Waals surface area (Å²) in [6, 6.07) is 21.7. The summed E-state index contributed by atoms with van der Waals surface area (Å²) in [5.74, 6) is 0.363. The van der Waals surface area contributed by atoms with Crippen LogP contribution in [0.5, 0.6) is 0 Å². The minimum absolute atomic E-state index is 0.0179. The maximum Gasteiger partial charge on any atom is 0.261 e. The Morgan fingerprint density at radius 3 is 1.92 bits per heavy atom. The molecule has 2 nitrogen and oxygen atoms in total. The normalized spacial score (nSPS) is 21.2. The number of benzene rings is 2. The topological polar surface area (TPSA) is 21.3 Å². The lowest BCUT2D eigenvalue weighted by molar-refractivity contribution is 0.180. The average Bonchev–Trinajstić information content (AvgIpc) is 3.07. The fourth-order valence-corrected chi connectivity index (χ4v) is 8.68.